The van der Waals surface area contributed by atoms with Crippen LogP contribution in [0.15, 0.2) is 53.6 Å². The lowest BCUT2D eigenvalue weighted by atomic mass is 10.1. The van der Waals surface area contributed by atoms with E-state index in [1.807, 2.05) is 0 Å². The number of anilines is 1. The second-order valence-corrected chi connectivity index (χ2v) is 7.63. The number of pyridine rings is 1. The van der Waals surface area contributed by atoms with E-state index in [-0.39, 0.29) is 30.9 Å². The summed E-state index contributed by atoms with van der Waals surface area (Å²) in [5.74, 6) is -1.95. The lowest BCUT2D eigenvalue weighted by Gasteiger charge is -2.19. The molecular formula is C23H22F3N5O3. The number of benzene rings is 1. The van der Waals surface area contributed by atoms with E-state index < -0.39 is 12.1 Å². The fourth-order valence-electron chi connectivity index (χ4n) is 3.32. The van der Waals surface area contributed by atoms with Crippen molar-refractivity contribution in [3.05, 3.63) is 76.0 Å². The van der Waals surface area contributed by atoms with E-state index in [0.717, 1.165) is 7.05 Å². The Labute approximate surface area is 192 Å². The first-order valence-electron chi connectivity index (χ1n) is 10.3. The van der Waals surface area contributed by atoms with Crippen molar-refractivity contribution in [3.8, 4) is 11.4 Å². The number of carbonyl (C=O) groups is 2. The van der Waals surface area contributed by atoms with Gasteiger partial charge in [-0.15, -0.1) is 0 Å². The highest BCUT2D eigenvalue weighted by Crippen LogP contribution is 2.20. The van der Waals surface area contributed by atoms with Crippen molar-refractivity contribution in [1.29, 1.82) is 0 Å². The van der Waals surface area contributed by atoms with Crippen LogP contribution in [-0.4, -0.2) is 44.9 Å². The zero-order chi connectivity index (χ0) is 24.9. The minimum Gasteiger partial charge on any atom is -0.334 e. The highest BCUT2D eigenvalue weighted by atomic mass is 19.4. The van der Waals surface area contributed by atoms with Crippen LogP contribution in [0.1, 0.15) is 23.2 Å². The SMILES string of the molecule is Cc1nc(-c2cccnc2)[nH]c(=O)c1CCC(=O)Nc1cccc(CN(C)C(=O)C(F)(F)F)c1. The summed E-state index contributed by atoms with van der Waals surface area (Å²) >= 11 is 0. The fraction of sp³-hybridized carbons (Fsp3) is 0.261. The molecule has 0 atom stereocenters. The predicted molar refractivity (Wildman–Crippen MR) is 119 cm³/mol. The maximum atomic E-state index is 12.6. The lowest BCUT2D eigenvalue weighted by Crippen LogP contribution is -2.37. The standard InChI is InChI=1S/C23H22F3N5O3/c1-14-18(21(33)30-20(28-14)16-6-4-10-27-12-16)8-9-19(32)29-17-7-3-5-15(11-17)13-31(2)22(34)23(24,25)26/h3-7,10-12H,8-9,13H2,1-2H3,(H,29,32)(H,28,30,33). The van der Waals surface area contributed by atoms with Crippen LogP contribution < -0.4 is 10.9 Å². The molecule has 0 saturated heterocycles. The average Bonchev–Trinajstić information content (AvgIpc) is 2.78. The van der Waals surface area contributed by atoms with Crippen LogP contribution in [0.3, 0.4) is 0 Å². The number of hydrogen-bond acceptors (Lipinski definition) is 5. The quantitative estimate of drug-likeness (QED) is 0.548. The number of aryl methyl sites for hydroxylation is 1. The van der Waals surface area contributed by atoms with Crippen molar-refractivity contribution in [1.82, 2.24) is 19.9 Å². The molecule has 0 fully saturated rings. The van der Waals surface area contributed by atoms with E-state index in [9.17, 15) is 27.6 Å². The number of halogens is 3. The van der Waals surface area contributed by atoms with E-state index in [0.29, 0.717) is 38.8 Å². The first kappa shape index (κ1) is 24.6. The van der Waals surface area contributed by atoms with Crippen LogP contribution in [0.5, 0.6) is 0 Å². The molecule has 2 aromatic heterocycles. The summed E-state index contributed by atoms with van der Waals surface area (Å²) in [6.45, 7) is 1.41. The van der Waals surface area contributed by atoms with Gasteiger partial charge in [-0.3, -0.25) is 19.4 Å². The Kier molecular flexibility index (Phi) is 7.44. The number of aromatic amines is 1. The lowest BCUT2D eigenvalue weighted by molar-refractivity contribution is -0.184. The normalized spacial score (nSPS) is 11.2. The Morgan fingerprint density at radius 1 is 1.18 bits per heavy atom. The highest BCUT2D eigenvalue weighted by Gasteiger charge is 2.41. The Morgan fingerprint density at radius 2 is 1.94 bits per heavy atom. The van der Waals surface area contributed by atoms with Crippen molar-refractivity contribution >= 4 is 17.5 Å². The number of nitrogens with one attached hydrogen (secondary N) is 2. The highest BCUT2D eigenvalue weighted by molar-refractivity contribution is 5.91. The molecule has 0 spiro atoms. The topological polar surface area (TPSA) is 108 Å². The molecule has 34 heavy (non-hydrogen) atoms. The zero-order valence-electron chi connectivity index (χ0n) is 18.4. The zero-order valence-corrected chi connectivity index (χ0v) is 18.4. The minimum absolute atomic E-state index is 0.00543. The predicted octanol–water partition coefficient (Wildman–Crippen LogP) is 3.23. The second-order valence-electron chi connectivity index (χ2n) is 7.63. The third-order valence-corrected chi connectivity index (χ3v) is 4.98. The maximum absolute atomic E-state index is 12.6. The van der Waals surface area contributed by atoms with Crippen LogP contribution in [0.4, 0.5) is 18.9 Å². The molecule has 178 valence electrons. The second kappa shape index (κ2) is 10.3. The summed E-state index contributed by atoms with van der Waals surface area (Å²) in [5, 5.41) is 2.66. The van der Waals surface area contributed by atoms with Gasteiger partial charge in [0.15, 0.2) is 0 Å². The van der Waals surface area contributed by atoms with E-state index >= 15 is 0 Å². The van der Waals surface area contributed by atoms with Crippen LogP contribution in [0, 0.1) is 6.92 Å². The van der Waals surface area contributed by atoms with Crippen molar-refractivity contribution in [2.24, 2.45) is 0 Å². The third-order valence-electron chi connectivity index (χ3n) is 4.98. The van der Waals surface area contributed by atoms with Gasteiger partial charge < -0.3 is 15.2 Å². The van der Waals surface area contributed by atoms with Crippen LogP contribution >= 0.6 is 0 Å². The molecule has 0 aliphatic carbocycles. The minimum atomic E-state index is -4.96. The number of rotatable bonds is 7. The van der Waals surface area contributed by atoms with E-state index in [1.54, 1.807) is 49.6 Å². The van der Waals surface area contributed by atoms with Crippen molar-refractivity contribution in [2.75, 3.05) is 12.4 Å². The Bertz CT molecular complexity index is 1240. The first-order chi connectivity index (χ1) is 16.0. The van der Waals surface area contributed by atoms with E-state index in [1.165, 1.54) is 6.07 Å². The van der Waals surface area contributed by atoms with Crippen molar-refractivity contribution in [2.45, 2.75) is 32.5 Å². The molecule has 2 amide bonds. The molecule has 3 rings (SSSR count). The van der Waals surface area contributed by atoms with E-state index in [2.05, 4.69) is 20.3 Å². The molecule has 0 radical (unpaired) electrons. The number of alkyl halides is 3. The van der Waals surface area contributed by atoms with Gasteiger partial charge >= 0.3 is 12.1 Å². The molecule has 2 N–H and O–H groups in total. The monoisotopic (exact) mass is 473 g/mol. The molecule has 0 aliphatic heterocycles. The molecule has 0 bridgehead atoms. The summed E-state index contributed by atoms with van der Waals surface area (Å²) in [6.07, 6.45) is -1.63. The van der Waals surface area contributed by atoms with Gasteiger partial charge in [-0.1, -0.05) is 12.1 Å². The Hall–Kier alpha value is -4.02. The van der Waals surface area contributed by atoms with Crippen molar-refractivity contribution < 1.29 is 22.8 Å². The van der Waals surface area contributed by atoms with Gasteiger partial charge in [0.05, 0.1) is 0 Å². The molecule has 0 aliphatic rings. The van der Waals surface area contributed by atoms with Gasteiger partial charge in [0.2, 0.25) is 5.91 Å². The van der Waals surface area contributed by atoms with Gasteiger partial charge in [-0.25, -0.2) is 4.98 Å². The van der Waals surface area contributed by atoms with Gasteiger partial charge in [0.25, 0.3) is 5.56 Å². The Morgan fingerprint density at radius 3 is 2.59 bits per heavy atom. The van der Waals surface area contributed by atoms with Crippen molar-refractivity contribution in [3.63, 3.8) is 0 Å². The number of nitrogens with zero attached hydrogens (tertiary/aromatic N) is 3. The van der Waals surface area contributed by atoms with Gasteiger partial charge in [-0.2, -0.15) is 13.2 Å². The third kappa shape index (κ3) is 6.27. The molecule has 8 nitrogen and oxygen atoms in total. The molecule has 3 aromatic rings. The van der Waals surface area contributed by atoms with Gasteiger partial charge in [0.1, 0.15) is 5.82 Å². The average molecular weight is 473 g/mol. The maximum Gasteiger partial charge on any atom is 0.471 e. The summed E-state index contributed by atoms with van der Waals surface area (Å²) in [7, 11) is 1.05. The summed E-state index contributed by atoms with van der Waals surface area (Å²) in [6, 6.07) is 9.67. The molecular weight excluding hydrogens is 451 g/mol. The first-order valence-corrected chi connectivity index (χ1v) is 10.3. The summed E-state index contributed by atoms with van der Waals surface area (Å²) in [5.41, 5.74) is 1.97. The molecule has 1 aromatic carbocycles. The largest absolute Gasteiger partial charge is 0.471 e. The molecule has 2 heterocycles. The van der Waals surface area contributed by atoms with Gasteiger partial charge in [0, 0.05) is 54.9 Å². The fourth-order valence-corrected chi connectivity index (χ4v) is 3.32. The van der Waals surface area contributed by atoms with Crippen LogP contribution in [0.2, 0.25) is 0 Å². The molecule has 11 heteroatoms. The molecule has 0 unspecified atom stereocenters. The van der Waals surface area contributed by atoms with Crippen LogP contribution in [-0.2, 0) is 22.6 Å². The number of carbonyl (C=O) groups excluding carboxylic acids is 2. The molecule has 0 saturated carbocycles. The number of hydrogen-bond donors (Lipinski definition) is 2. The van der Waals surface area contributed by atoms with Gasteiger partial charge in [-0.05, 0) is 43.2 Å². The number of H-pyrrole nitrogens is 1. The number of aromatic nitrogens is 3. The van der Waals surface area contributed by atoms with E-state index in [4.69, 9.17) is 0 Å². The van der Waals surface area contributed by atoms with Crippen LogP contribution in [0.25, 0.3) is 11.4 Å². The number of amides is 2. The summed E-state index contributed by atoms with van der Waals surface area (Å²) < 4.78 is 37.7. The Balaban J connectivity index is 1.62. The smallest absolute Gasteiger partial charge is 0.334 e. The summed E-state index contributed by atoms with van der Waals surface area (Å²) in [4.78, 5) is 47.9.